The molecule has 3 rings (SSSR count). The number of carbonyl (C=O) groups excluding carboxylic acids is 1. The lowest BCUT2D eigenvalue weighted by atomic mass is 10.2. The average Bonchev–Trinajstić information content (AvgIpc) is 3.10. The lowest BCUT2D eigenvalue weighted by molar-refractivity contribution is 0.0144. The van der Waals surface area contributed by atoms with Gasteiger partial charge in [0.15, 0.2) is 0 Å². The van der Waals surface area contributed by atoms with Crippen LogP contribution in [0.4, 0.5) is 4.79 Å². The number of hydrogen-bond acceptors (Lipinski definition) is 6. The molecular weight excluding hydrogens is 344 g/mol. The van der Waals surface area contributed by atoms with E-state index in [1.807, 2.05) is 51.1 Å². The number of aryl methyl sites for hydroxylation is 1. The molecule has 1 amide bonds. The molecule has 0 saturated carbocycles. The molecule has 1 aliphatic heterocycles. The van der Waals surface area contributed by atoms with E-state index in [0.29, 0.717) is 24.8 Å². The van der Waals surface area contributed by atoms with Gasteiger partial charge in [-0.2, -0.15) is 4.98 Å². The Bertz CT molecular complexity index is 731. The van der Waals surface area contributed by atoms with E-state index in [0.717, 1.165) is 38.0 Å². The molecule has 0 unspecified atom stereocenters. The van der Waals surface area contributed by atoms with Crippen molar-refractivity contribution in [3.8, 4) is 11.4 Å². The Kier molecular flexibility index (Phi) is 6.11. The Morgan fingerprint density at radius 1 is 1.15 bits per heavy atom. The van der Waals surface area contributed by atoms with Gasteiger partial charge in [-0.25, -0.2) is 4.79 Å². The molecule has 1 fully saturated rings. The third-order valence-electron chi connectivity index (χ3n) is 4.39. The molecule has 7 heteroatoms. The second kappa shape index (κ2) is 8.52. The zero-order valence-corrected chi connectivity index (χ0v) is 16.4. The van der Waals surface area contributed by atoms with Crippen LogP contribution in [0.2, 0.25) is 0 Å². The molecule has 0 aliphatic carbocycles. The first-order valence-electron chi connectivity index (χ1n) is 9.49. The van der Waals surface area contributed by atoms with Crippen molar-refractivity contribution in [1.82, 2.24) is 19.9 Å². The number of benzene rings is 1. The zero-order chi connectivity index (χ0) is 19.3. The topological polar surface area (TPSA) is 71.7 Å². The minimum Gasteiger partial charge on any atom is -0.444 e. The van der Waals surface area contributed by atoms with Crippen molar-refractivity contribution in [2.24, 2.45) is 0 Å². The predicted octanol–water partition coefficient (Wildman–Crippen LogP) is 3.22. The van der Waals surface area contributed by atoms with Gasteiger partial charge in [-0.1, -0.05) is 35.5 Å². The van der Waals surface area contributed by atoms with E-state index in [1.54, 1.807) is 4.90 Å². The van der Waals surface area contributed by atoms with E-state index in [9.17, 15) is 4.79 Å². The molecule has 1 aromatic heterocycles. The zero-order valence-electron chi connectivity index (χ0n) is 16.4. The normalized spacial score (nSPS) is 15.7. The van der Waals surface area contributed by atoms with Gasteiger partial charge in [0.05, 0.1) is 0 Å². The second-order valence-corrected chi connectivity index (χ2v) is 7.79. The summed E-state index contributed by atoms with van der Waals surface area (Å²) in [7, 11) is 0. The fraction of sp³-hybridized carbons (Fsp3) is 0.550. The molecule has 0 spiro atoms. The van der Waals surface area contributed by atoms with Crippen molar-refractivity contribution in [2.45, 2.75) is 39.2 Å². The maximum absolute atomic E-state index is 12.1. The first-order valence-corrected chi connectivity index (χ1v) is 9.49. The Morgan fingerprint density at radius 3 is 2.52 bits per heavy atom. The molecule has 0 atom stereocenters. The minimum absolute atomic E-state index is 0.221. The van der Waals surface area contributed by atoms with Crippen LogP contribution in [0.15, 0.2) is 34.9 Å². The molecule has 1 aliphatic rings. The van der Waals surface area contributed by atoms with Crippen LogP contribution in [0.25, 0.3) is 11.4 Å². The van der Waals surface area contributed by atoms with Crippen molar-refractivity contribution in [3.63, 3.8) is 0 Å². The standard InChI is InChI=1S/C20H28N4O3/c1-20(2,3)26-19(25)24-14-12-23(13-15-24)11-7-10-17-21-18(22-27-17)16-8-5-4-6-9-16/h4-6,8-9H,7,10-15H2,1-3H3. The van der Waals surface area contributed by atoms with E-state index >= 15 is 0 Å². The third kappa shape index (κ3) is 5.79. The lowest BCUT2D eigenvalue weighted by Crippen LogP contribution is -2.50. The van der Waals surface area contributed by atoms with Gasteiger partial charge >= 0.3 is 6.09 Å². The first-order chi connectivity index (χ1) is 12.9. The van der Waals surface area contributed by atoms with Crippen molar-refractivity contribution in [1.29, 1.82) is 0 Å². The molecule has 2 heterocycles. The SMILES string of the molecule is CC(C)(C)OC(=O)N1CCN(CCCc2nc(-c3ccccc3)no2)CC1. The number of aromatic nitrogens is 2. The van der Waals surface area contributed by atoms with E-state index in [2.05, 4.69) is 15.0 Å². The summed E-state index contributed by atoms with van der Waals surface area (Å²) in [6.45, 7) is 9.74. The summed E-state index contributed by atoms with van der Waals surface area (Å²) in [5.41, 5.74) is 0.516. The molecular formula is C20H28N4O3. The highest BCUT2D eigenvalue weighted by Crippen LogP contribution is 2.16. The van der Waals surface area contributed by atoms with Gasteiger partial charge in [-0.05, 0) is 33.7 Å². The van der Waals surface area contributed by atoms with Gasteiger partial charge in [-0.15, -0.1) is 0 Å². The highest BCUT2D eigenvalue weighted by molar-refractivity contribution is 5.68. The number of hydrogen-bond donors (Lipinski definition) is 0. The molecule has 1 aromatic carbocycles. The fourth-order valence-electron chi connectivity index (χ4n) is 3.00. The van der Waals surface area contributed by atoms with E-state index < -0.39 is 5.60 Å². The van der Waals surface area contributed by atoms with Crippen LogP contribution in [0.3, 0.4) is 0 Å². The third-order valence-corrected chi connectivity index (χ3v) is 4.39. The first kappa shape index (κ1) is 19.4. The smallest absolute Gasteiger partial charge is 0.410 e. The van der Waals surface area contributed by atoms with Gasteiger partial charge in [-0.3, -0.25) is 4.90 Å². The molecule has 0 radical (unpaired) electrons. The molecule has 2 aromatic rings. The molecule has 1 saturated heterocycles. The number of carbonyl (C=O) groups is 1. The summed E-state index contributed by atoms with van der Waals surface area (Å²) < 4.78 is 10.8. The number of rotatable bonds is 5. The Morgan fingerprint density at radius 2 is 1.85 bits per heavy atom. The molecule has 146 valence electrons. The Hall–Kier alpha value is -2.41. The molecule has 0 N–H and O–H groups in total. The van der Waals surface area contributed by atoms with Crippen molar-refractivity contribution in [2.75, 3.05) is 32.7 Å². The molecule has 27 heavy (non-hydrogen) atoms. The van der Waals surface area contributed by atoms with Crippen molar-refractivity contribution >= 4 is 6.09 Å². The van der Waals surface area contributed by atoms with Crippen LogP contribution in [0.5, 0.6) is 0 Å². The number of piperazine rings is 1. The minimum atomic E-state index is -0.448. The number of nitrogens with zero attached hydrogens (tertiary/aromatic N) is 4. The highest BCUT2D eigenvalue weighted by Gasteiger charge is 2.25. The van der Waals surface area contributed by atoms with Crippen LogP contribution in [-0.4, -0.2) is 64.4 Å². The van der Waals surface area contributed by atoms with Crippen LogP contribution in [-0.2, 0) is 11.2 Å². The second-order valence-electron chi connectivity index (χ2n) is 7.79. The van der Waals surface area contributed by atoms with Crippen LogP contribution in [0, 0.1) is 0 Å². The van der Waals surface area contributed by atoms with Crippen LogP contribution < -0.4 is 0 Å². The van der Waals surface area contributed by atoms with Crippen molar-refractivity contribution < 1.29 is 14.1 Å². The van der Waals surface area contributed by atoms with Crippen LogP contribution >= 0.6 is 0 Å². The summed E-state index contributed by atoms with van der Waals surface area (Å²) in [6.07, 6.45) is 1.48. The van der Waals surface area contributed by atoms with E-state index in [-0.39, 0.29) is 6.09 Å². The monoisotopic (exact) mass is 372 g/mol. The van der Waals surface area contributed by atoms with Crippen LogP contribution in [0.1, 0.15) is 33.1 Å². The Labute approximate surface area is 160 Å². The summed E-state index contributed by atoms with van der Waals surface area (Å²) >= 11 is 0. The average molecular weight is 372 g/mol. The summed E-state index contributed by atoms with van der Waals surface area (Å²) in [4.78, 5) is 20.7. The molecule has 7 nitrogen and oxygen atoms in total. The molecule has 0 bridgehead atoms. The maximum Gasteiger partial charge on any atom is 0.410 e. The highest BCUT2D eigenvalue weighted by atomic mass is 16.6. The predicted molar refractivity (Wildman–Crippen MR) is 102 cm³/mol. The van der Waals surface area contributed by atoms with Gasteiger partial charge in [0, 0.05) is 38.2 Å². The van der Waals surface area contributed by atoms with Crippen molar-refractivity contribution in [3.05, 3.63) is 36.2 Å². The number of ether oxygens (including phenoxy) is 1. The summed E-state index contributed by atoms with van der Waals surface area (Å²) in [5.74, 6) is 1.30. The van der Waals surface area contributed by atoms with Gasteiger partial charge < -0.3 is 14.2 Å². The largest absolute Gasteiger partial charge is 0.444 e. The number of amides is 1. The van der Waals surface area contributed by atoms with Gasteiger partial charge in [0.1, 0.15) is 5.60 Å². The fourth-order valence-corrected chi connectivity index (χ4v) is 3.00. The van der Waals surface area contributed by atoms with E-state index in [1.165, 1.54) is 0 Å². The van der Waals surface area contributed by atoms with E-state index in [4.69, 9.17) is 9.26 Å². The lowest BCUT2D eigenvalue weighted by Gasteiger charge is -2.35. The summed E-state index contributed by atoms with van der Waals surface area (Å²) in [5, 5.41) is 4.05. The summed E-state index contributed by atoms with van der Waals surface area (Å²) in [6, 6.07) is 9.83. The van der Waals surface area contributed by atoms with Gasteiger partial charge in [0.2, 0.25) is 11.7 Å². The quantitative estimate of drug-likeness (QED) is 0.802. The maximum atomic E-state index is 12.1. The Balaban J connectivity index is 1.39. The van der Waals surface area contributed by atoms with Gasteiger partial charge in [0.25, 0.3) is 0 Å².